The first-order valence-corrected chi connectivity index (χ1v) is 5.75. The van der Waals surface area contributed by atoms with Crippen molar-refractivity contribution in [2.75, 3.05) is 6.61 Å². The number of benzene rings is 1. The van der Waals surface area contributed by atoms with Crippen LogP contribution in [0.3, 0.4) is 0 Å². The van der Waals surface area contributed by atoms with E-state index in [-0.39, 0.29) is 24.3 Å². The number of esters is 1. The molecular formula is C13H12F2N2O2. The number of rotatable bonds is 4. The molecule has 19 heavy (non-hydrogen) atoms. The van der Waals surface area contributed by atoms with E-state index in [2.05, 4.69) is 9.97 Å². The van der Waals surface area contributed by atoms with Crippen molar-refractivity contribution in [3.05, 3.63) is 53.1 Å². The third-order valence-corrected chi connectivity index (χ3v) is 2.49. The van der Waals surface area contributed by atoms with Gasteiger partial charge in [-0.3, -0.25) is 0 Å². The zero-order valence-corrected chi connectivity index (χ0v) is 10.2. The van der Waals surface area contributed by atoms with Crippen LogP contribution in [0.2, 0.25) is 0 Å². The van der Waals surface area contributed by atoms with Crippen molar-refractivity contribution >= 4 is 5.97 Å². The highest BCUT2D eigenvalue weighted by molar-refractivity contribution is 5.86. The van der Waals surface area contributed by atoms with Gasteiger partial charge in [0, 0.05) is 6.42 Å². The number of nitrogens with one attached hydrogen (secondary N) is 1. The predicted molar refractivity (Wildman–Crippen MR) is 63.7 cm³/mol. The van der Waals surface area contributed by atoms with Crippen molar-refractivity contribution in [2.24, 2.45) is 0 Å². The highest BCUT2D eigenvalue weighted by Crippen LogP contribution is 2.13. The monoisotopic (exact) mass is 266 g/mol. The van der Waals surface area contributed by atoms with Crippen LogP contribution in [0.1, 0.15) is 28.8 Å². The Bertz CT molecular complexity index is 596. The summed E-state index contributed by atoms with van der Waals surface area (Å²) in [6.07, 6.45) is 1.38. The van der Waals surface area contributed by atoms with Gasteiger partial charge in [0.25, 0.3) is 0 Å². The molecule has 1 aromatic carbocycles. The second-order valence-electron chi connectivity index (χ2n) is 3.88. The van der Waals surface area contributed by atoms with E-state index in [4.69, 9.17) is 4.74 Å². The molecule has 1 N–H and O–H groups in total. The number of aromatic nitrogens is 2. The maximum atomic E-state index is 13.4. The van der Waals surface area contributed by atoms with Gasteiger partial charge in [0.1, 0.15) is 23.2 Å². The summed E-state index contributed by atoms with van der Waals surface area (Å²) in [5, 5.41) is 0. The summed E-state index contributed by atoms with van der Waals surface area (Å²) >= 11 is 0. The average Bonchev–Trinajstić information content (AvgIpc) is 2.83. The van der Waals surface area contributed by atoms with Crippen LogP contribution in [0.25, 0.3) is 0 Å². The molecule has 0 unspecified atom stereocenters. The Morgan fingerprint density at radius 1 is 1.42 bits per heavy atom. The van der Waals surface area contributed by atoms with Crippen molar-refractivity contribution in [2.45, 2.75) is 13.3 Å². The Kier molecular flexibility index (Phi) is 3.89. The van der Waals surface area contributed by atoms with E-state index in [1.54, 1.807) is 6.92 Å². The number of H-pyrrole nitrogens is 1. The van der Waals surface area contributed by atoms with Gasteiger partial charge >= 0.3 is 5.97 Å². The minimum Gasteiger partial charge on any atom is -0.461 e. The fourth-order valence-corrected chi connectivity index (χ4v) is 1.62. The van der Waals surface area contributed by atoms with Crippen LogP contribution in [-0.2, 0) is 11.2 Å². The normalized spacial score (nSPS) is 10.5. The van der Waals surface area contributed by atoms with Gasteiger partial charge in [-0.1, -0.05) is 0 Å². The lowest BCUT2D eigenvalue weighted by atomic mass is 10.1. The summed E-state index contributed by atoms with van der Waals surface area (Å²) in [4.78, 5) is 18.1. The number of hydrogen-bond acceptors (Lipinski definition) is 3. The van der Waals surface area contributed by atoms with E-state index in [0.29, 0.717) is 5.82 Å². The van der Waals surface area contributed by atoms with E-state index in [0.717, 1.165) is 18.2 Å². The summed E-state index contributed by atoms with van der Waals surface area (Å²) in [5.41, 5.74) is 0.360. The van der Waals surface area contributed by atoms with Gasteiger partial charge < -0.3 is 9.72 Å². The zero-order chi connectivity index (χ0) is 13.8. The lowest BCUT2D eigenvalue weighted by Gasteiger charge is -2.01. The minimum atomic E-state index is -0.527. The quantitative estimate of drug-likeness (QED) is 0.865. The predicted octanol–water partition coefficient (Wildman–Crippen LogP) is 2.46. The van der Waals surface area contributed by atoms with Crippen LogP contribution in [-0.4, -0.2) is 22.5 Å². The maximum Gasteiger partial charge on any atom is 0.356 e. The highest BCUT2D eigenvalue weighted by Gasteiger charge is 2.12. The molecule has 4 nitrogen and oxygen atoms in total. The first kappa shape index (κ1) is 13.2. The molecule has 0 atom stereocenters. The Balaban J connectivity index is 2.15. The Labute approximate surface area is 108 Å². The fraction of sp³-hybridized carbons (Fsp3) is 0.231. The molecule has 0 bridgehead atoms. The second kappa shape index (κ2) is 5.60. The molecule has 0 radical (unpaired) electrons. The number of aromatic amines is 1. The summed E-state index contributed by atoms with van der Waals surface area (Å²) in [6.45, 7) is 1.95. The lowest BCUT2D eigenvalue weighted by molar-refractivity contribution is 0.0520. The molecule has 0 spiro atoms. The molecular weight excluding hydrogens is 254 g/mol. The first-order chi connectivity index (χ1) is 9.10. The molecule has 0 saturated carbocycles. The number of nitrogens with zero attached hydrogens (tertiary/aromatic N) is 1. The Morgan fingerprint density at radius 3 is 2.95 bits per heavy atom. The summed E-state index contributed by atoms with van der Waals surface area (Å²) < 4.78 is 31.2. The first-order valence-electron chi connectivity index (χ1n) is 5.75. The fourth-order valence-electron chi connectivity index (χ4n) is 1.62. The van der Waals surface area contributed by atoms with Crippen LogP contribution in [0.15, 0.2) is 24.4 Å². The number of imidazole rings is 1. The van der Waals surface area contributed by atoms with Crippen molar-refractivity contribution in [1.82, 2.24) is 9.97 Å². The molecule has 2 rings (SSSR count). The van der Waals surface area contributed by atoms with E-state index in [1.165, 1.54) is 6.20 Å². The molecule has 1 aromatic heterocycles. The lowest BCUT2D eigenvalue weighted by Crippen LogP contribution is -2.05. The Morgan fingerprint density at radius 2 is 2.21 bits per heavy atom. The van der Waals surface area contributed by atoms with Crippen LogP contribution in [0, 0.1) is 11.6 Å². The summed E-state index contributed by atoms with van der Waals surface area (Å²) in [7, 11) is 0. The molecule has 0 fully saturated rings. The second-order valence-corrected chi connectivity index (χ2v) is 3.88. The van der Waals surface area contributed by atoms with E-state index in [9.17, 15) is 13.6 Å². The van der Waals surface area contributed by atoms with Crippen molar-refractivity contribution < 1.29 is 18.3 Å². The number of hydrogen-bond donors (Lipinski definition) is 1. The largest absolute Gasteiger partial charge is 0.461 e. The number of ether oxygens (including phenoxy) is 1. The maximum absolute atomic E-state index is 13.4. The number of carbonyl (C=O) groups excluding carboxylic acids is 1. The van der Waals surface area contributed by atoms with Crippen molar-refractivity contribution in [3.63, 3.8) is 0 Å². The standard InChI is InChI=1S/C13H12F2N2O2/c1-2-19-13(18)11-7-16-12(17-11)6-8-5-9(14)3-4-10(8)15/h3-5,7H,2,6H2,1H3,(H,16,17). The molecule has 0 aliphatic rings. The van der Waals surface area contributed by atoms with E-state index < -0.39 is 17.6 Å². The van der Waals surface area contributed by atoms with Gasteiger partial charge in [-0.15, -0.1) is 0 Å². The van der Waals surface area contributed by atoms with Gasteiger partial charge in [-0.05, 0) is 30.7 Å². The zero-order valence-electron chi connectivity index (χ0n) is 10.2. The average molecular weight is 266 g/mol. The van der Waals surface area contributed by atoms with Crippen LogP contribution in [0.5, 0.6) is 0 Å². The summed E-state index contributed by atoms with van der Waals surface area (Å²) in [5.74, 6) is -1.20. The molecule has 0 aliphatic heterocycles. The van der Waals surface area contributed by atoms with Crippen LogP contribution < -0.4 is 0 Å². The molecule has 0 amide bonds. The minimum absolute atomic E-state index is 0.0724. The van der Waals surface area contributed by atoms with Crippen LogP contribution in [0.4, 0.5) is 8.78 Å². The molecule has 0 aliphatic carbocycles. The van der Waals surface area contributed by atoms with Gasteiger partial charge in [-0.2, -0.15) is 0 Å². The molecule has 100 valence electrons. The van der Waals surface area contributed by atoms with E-state index >= 15 is 0 Å². The topological polar surface area (TPSA) is 55.0 Å². The SMILES string of the molecule is CCOC(=O)c1cnc(Cc2cc(F)ccc2F)[nH]1. The van der Waals surface area contributed by atoms with Crippen molar-refractivity contribution in [3.8, 4) is 0 Å². The summed E-state index contributed by atoms with van der Waals surface area (Å²) in [6, 6.07) is 3.20. The third-order valence-electron chi connectivity index (χ3n) is 2.49. The van der Waals surface area contributed by atoms with Crippen molar-refractivity contribution in [1.29, 1.82) is 0 Å². The molecule has 6 heteroatoms. The molecule has 0 saturated heterocycles. The van der Waals surface area contributed by atoms with Gasteiger partial charge in [-0.25, -0.2) is 18.6 Å². The van der Waals surface area contributed by atoms with Gasteiger partial charge in [0.05, 0.1) is 12.8 Å². The highest BCUT2D eigenvalue weighted by atomic mass is 19.1. The number of carbonyl (C=O) groups is 1. The van der Waals surface area contributed by atoms with Gasteiger partial charge in [0.2, 0.25) is 0 Å². The number of halogens is 2. The smallest absolute Gasteiger partial charge is 0.356 e. The van der Waals surface area contributed by atoms with Gasteiger partial charge in [0.15, 0.2) is 0 Å². The van der Waals surface area contributed by atoms with Crippen LogP contribution >= 0.6 is 0 Å². The third kappa shape index (κ3) is 3.15. The Hall–Kier alpha value is -2.24. The molecule has 2 aromatic rings. The van der Waals surface area contributed by atoms with E-state index in [1.807, 2.05) is 0 Å². The molecule has 1 heterocycles.